The van der Waals surface area contributed by atoms with Gasteiger partial charge in [0.2, 0.25) is 5.91 Å². The highest BCUT2D eigenvalue weighted by Gasteiger charge is 2.45. The van der Waals surface area contributed by atoms with Gasteiger partial charge in [0, 0.05) is 19.0 Å². The van der Waals surface area contributed by atoms with Gasteiger partial charge < -0.3 is 10.4 Å². The first kappa shape index (κ1) is 27.6. The van der Waals surface area contributed by atoms with Crippen molar-refractivity contribution >= 4 is 11.9 Å². The van der Waals surface area contributed by atoms with Gasteiger partial charge in [0.15, 0.2) is 0 Å². The fourth-order valence-corrected chi connectivity index (χ4v) is 5.28. The molecule has 2 N–H and O–H groups in total. The van der Waals surface area contributed by atoms with Gasteiger partial charge in [-0.05, 0) is 86.4 Å². The third kappa shape index (κ3) is 7.06. The molecule has 1 amide bonds. The molecule has 196 valence electrons. The minimum Gasteiger partial charge on any atom is -0.475 e. The van der Waals surface area contributed by atoms with Gasteiger partial charge >= 0.3 is 12.1 Å². The molecule has 2 aliphatic rings. The lowest BCUT2D eigenvalue weighted by Gasteiger charge is -2.40. The number of carbonyl (C=O) groups is 2. The van der Waals surface area contributed by atoms with Crippen molar-refractivity contribution in [3.05, 3.63) is 71.0 Å². The number of likely N-dealkylation sites (tertiary alicyclic amines) is 1. The van der Waals surface area contributed by atoms with Gasteiger partial charge in [-0.2, -0.15) is 13.2 Å². The molecule has 1 saturated heterocycles. The average Bonchev–Trinajstić information content (AvgIpc) is 3.09. The highest BCUT2D eigenvalue weighted by atomic mass is 19.4. The largest absolute Gasteiger partial charge is 0.490 e. The Balaban J connectivity index is 0.000000454. The predicted molar refractivity (Wildman–Crippen MR) is 128 cm³/mol. The fraction of sp³-hybridized carbons (Fsp3) is 0.481. The lowest BCUT2D eigenvalue weighted by Crippen LogP contribution is -2.41. The monoisotopic (exact) mass is 508 g/mol. The summed E-state index contributed by atoms with van der Waals surface area (Å²) in [7, 11) is 0. The highest BCUT2D eigenvalue weighted by Crippen LogP contribution is 2.52. The minimum atomic E-state index is -5.08. The molecule has 0 bridgehead atoms. The molecular formula is C27H32F4N2O3. The van der Waals surface area contributed by atoms with Crippen molar-refractivity contribution in [2.75, 3.05) is 13.1 Å². The van der Waals surface area contributed by atoms with Gasteiger partial charge in [-0.3, -0.25) is 9.69 Å². The van der Waals surface area contributed by atoms with Gasteiger partial charge in [0.05, 0.1) is 0 Å². The van der Waals surface area contributed by atoms with Crippen LogP contribution >= 0.6 is 0 Å². The van der Waals surface area contributed by atoms with E-state index in [1.54, 1.807) is 12.1 Å². The number of hydrogen-bond donors (Lipinski definition) is 2. The van der Waals surface area contributed by atoms with E-state index in [2.05, 4.69) is 34.5 Å². The molecule has 0 radical (unpaired) electrons. The summed E-state index contributed by atoms with van der Waals surface area (Å²) >= 11 is 0. The van der Waals surface area contributed by atoms with Crippen molar-refractivity contribution in [2.45, 2.75) is 69.6 Å². The molecule has 1 heterocycles. The Morgan fingerprint density at radius 1 is 1.08 bits per heavy atom. The summed E-state index contributed by atoms with van der Waals surface area (Å²) in [6.07, 6.45) is -1.19. The normalized spacial score (nSPS) is 18.9. The molecule has 1 atom stereocenters. The summed E-state index contributed by atoms with van der Waals surface area (Å²) in [5.74, 6) is -2.46. The third-order valence-electron chi connectivity index (χ3n) is 6.87. The number of carboxylic acid groups (broad SMARTS) is 1. The molecule has 4 rings (SSSR count). The molecule has 1 spiro atoms. The topological polar surface area (TPSA) is 69.6 Å². The standard InChI is InChI=1S/C25H31FN2O.C2HF3O2/c1-18(2)27-24(29)15-20-16-25(23-6-4-3-5-22(20)23)11-13-28(14-12-25)17-19-7-9-21(26)10-8-19;3-2(4,5)1(6)7/h3-10,18,20H,11-17H2,1-2H3,(H,27,29);(H,6,7). The number of halogens is 4. The first-order chi connectivity index (χ1) is 16.9. The van der Waals surface area contributed by atoms with Gasteiger partial charge in [0.1, 0.15) is 5.82 Å². The zero-order valence-electron chi connectivity index (χ0n) is 20.4. The number of hydrogen-bond acceptors (Lipinski definition) is 3. The van der Waals surface area contributed by atoms with Crippen LogP contribution < -0.4 is 5.32 Å². The number of alkyl halides is 3. The molecule has 0 saturated carbocycles. The quantitative estimate of drug-likeness (QED) is 0.531. The number of carbonyl (C=O) groups excluding carboxylic acids is 1. The molecular weight excluding hydrogens is 476 g/mol. The van der Waals surface area contributed by atoms with Crippen LogP contribution in [0.5, 0.6) is 0 Å². The zero-order valence-corrected chi connectivity index (χ0v) is 20.4. The summed E-state index contributed by atoms with van der Waals surface area (Å²) in [4.78, 5) is 23.8. The number of nitrogens with zero attached hydrogens (tertiary/aromatic N) is 1. The molecule has 5 nitrogen and oxygen atoms in total. The van der Waals surface area contributed by atoms with Crippen LogP contribution in [-0.2, 0) is 21.5 Å². The van der Waals surface area contributed by atoms with Crippen LogP contribution in [0.3, 0.4) is 0 Å². The van der Waals surface area contributed by atoms with Gasteiger partial charge in [-0.15, -0.1) is 0 Å². The molecule has 0 aromatic heterocycles. The summed E-state index contributed by atoms with van der Waals surface area (Å²) < 4.78 is 44.9. The first-order valence-corrected chi connectivity index (χ1v) is 12.1. The number of piperidine rings is 1. The van der Waals surface area contributed by atoms with E-state index in [0.717, 1.165) is 44.5 Å². The molecule has 2 aromatic rings. The maximum Gasteiger partial charge on any atom is 0.490 e. The van der Waals surface area contributed by atoms with Crippen LogP contribution in [0.4, 0.5) is 17.6 Å². The molecule has 1 fully saturated rings. The van der Waals surface area contributed by atoms with Gasteiger partial charge in [0.25, 0.3) is 0 Å². The Bertz CT molecular complexity index is 1050. The number of benzene rings is 2. The lowest BCUT2D eigenvalue weighted by atomic mass is 9.73. The maximum absolute atomic E-state index is 13.2. The Labute approximate surface area is 208 Å². The smallest absolute Gasteiger partial charge is 0.475 e. The summed E-state index contributed by atoms with van der Waals surface area (Å²) in [6.45, 7) is 6.98. The van der Waals surface area contributed by atoms with Crippen molar-refractivity contribution in [2.24, 2.45) is 0 Å². The Kier molecular flexibility index (Phi) is 8.76. The van der Waals surface area contributed by atoms with E-state index < -0.39 is 12.1 Å². The van der Waals surface area contributed by atoms with Crippen molar-refractivity contribution in [3.8, 4) is 0 Å². The SMILES string of the molecule is CC(C)NC(=O)CC1CC2(CCN(Cc3ccc(F)cc3)CC2)c2ccccc21.O=C(O)C(F)(F)F. The lowest BCUT2D eigenvalue weighted by molar-refractivity contribution is -0.192. The molecule has 1 aliphatic heterocycles. The van der Waals surface area contributed by atoms with Crippen LogP contribution in [0, 0.1) is 5.82 Å². The van der Waals surface area contributed by atoms with E-state index in [1.807, 2.05) is 26.0 Å². The molecule has 2 aromatic carbocycles. The van der Waals surface area contributed by atoms with Crippen molar-refractivity contribution in [3.63, 3.8) is 0 Å². The number of rotatable bonds is 5. The van der Waals surface area contributed by atoms with Crippen molar-refractivity contribution < 1.29 is 32.3 Å². The van der Waals surface area contributed by atoms with E-state index in [9.17, 15) is 22.4 Å². The van der Waals surface area contributed by atoms with Crippen LogP contribution in [0.25, 0.3) is 0 Å². The van der Waals surface area contributed by atoms with E-state index in [1.165, 1.54) is 11.1 Å². The average molecular weight is 509 g/mol. The number of nitrogens with one attached hydrogen (secondary N) is 1. The van der Waals surface area contributed by atoms with E-state index >= 15 is 0 Å². The van der Waals surface area contributed by atoms with Crippen LogP contribution in [-0.4, -0.2) is 47.2 Å². The maximum atomic E-state index is 13.2. The number of amides is 1. The van der Waals surface area contributed by atoms with E-state index in [0.29, 0.717) is 12.3 Å². The Morgan fingerprint density at radius 2 is 1.67 bits per heavy atom. The molecule has 36 heavy (non-hydrogen) atoms. The zero-order chi connectivity index (χ0) is 26.5. The summed E-state index contributed by atoms with van der Waals surface area (Å²) in [5, 5.41) is 10.2. The number of aliphatic carboxylic acids is 1. The predicted octanol–water partition coefficient (Wildman–Crippen LogP) is 5.39. The molecule has 1 aliphatic carbocycles. The molecule has 9 heteroatoms. The van der Waals surface area contributed by atoms with Crippen LogP contribution in [0.1, 0.15) is 62.1 Å². The fourth-order valence-electron chi connectivity index (χ4n) is 5.28. The van der Waals surface area contributed by atoms with E-state index in [-0.39, 0.29) is 23.2 Å². The van der Waals surface area contributed by atoms with Crippen molar-refractivity contribution in [1.82, 2.24) is 10.2 Å². The van der Waals surface area contributed by atoms with Crippen LogP contribution in [0.15, 0.2) is 48.5 Å². The second-order valence-corrected chi connectivity index (χ2v) is 9.90. The van der Waals surface area contributed by atoms with E-state index in [4.69, 9.17) is 9.90 Å². The first-order valence-electron chi connectivity index (χ1n) is 12.1. The third-order valence-corrected chi connectivity index (χ3v) is 6.87. The second kappa shape index (κ2) is 11.4. The van der Waals surface area contributed by atoms with Crippen molar-refractivity contribution in [1.29, 1.82) is 0 Å². The molecule has 1 unspecified atom stereocenters. The summed E-state index contributed by atoms with van der Waals surface area (Å²) in [6, 6.07) is 15.8. The van der Waals surface area contributed by atoms with Gasteiger partial charge in [-0.1, -0.05) is 36.4 Å². The van der Waals surface area contributed by atoms with Crippen LogP contribution in [0.2, 0.25) is 0 Å². The summed E-state index contributed by atoms with van der Waals surface area (Å²) in [5.41, 5.74) is 4.19. The number of fused-ring (bicyclic) bond motifs is 2. The Hall–Kier alpha value is -2.94. The minimum absolute atomic E-state index is 0.158. The Morgan fingerprint density at radius 3 is 2.22 bits per heavy atom. The second-order valence-electron chi connectivity index (χ2n) is 9.90. The van der Waals surface area contributed by atoms with Gasteiger partial charge in [-0.25, -0.2) is 9.18 Å². The highest BCUT2D eigenvalue weighted by molar-refractivity contribution is 5.77. The number of carboxylic acids is 1.